The summed E-state index contributed by atoms with van der Waals surface area (Å²) in [6, 6.07) is 3.77. The third-order valence-corrected chi connectivity index (χ3v) is 2.67. The zero-order chi connectivity index (χ0) is 12.7. The smallest absolute Gasteiger partial charge is 0.217 e. The predicted octanol–water partition coefficient (Wildman–Crippen LogP) is 0.171. The van der Waals surface area contributed by atoms with Crippen molar-refractivity contribution in [2.45, 2.75) is 13.5 Å². The zero-order valence-corrected chi connectivity index (χ0v) is 10.3. The molecule has 5 nitrogen and oxygen atoms in total. The van der Waals surface area contributed by atoms with E-state index in [1.165, 1.54) is 0 Å². The van der Waals surface area contributed by atoms with E-state index in [-0.39, 0.29) is 13.2 Å². The van der Waals surface area contributed by atoms with Crippen molar-refractivity contribution in [3.05, 3.63) is 23.9 Å². The molecule has 3 N–H and O–H groups in total. The van der Waals surface area contributed by atoms with Crippen LogP contribution in [0.4, 0.5) is 0 Å². The maximum atomic E-state index is 9.15. The molecule has 0 unspecified atom stereocenters. The predicted molar refractivity (Wildman–Crippen MR) is 64.8 cm³/mol. The summed E-state index contributed by atoms with van der Waals surface area (Å²) in [7, 11) is 1.58. The van der Waals surface area contributed by atoms with Gasteiger partial charge in [-0.3, -0.25) is 0 Å². The highest BCUT2D eigenvalue weighted by Gasteiger charge is 2.21. The molecule has 0 aliphatic heterocycles. The molecule has 0 aliphatic carbocycles. The Morgan fingerprint density at radius 3 is 2.71 bits per heavy atom. The Balaban J connectivity index is 2.51. The molecule has 0 saturated heterocycles. The molecular weight excluding hydrogens is 220 g/mol. The van der Waals surface area contributed by atoms with Crippen LogP contribution in [-0.2, 0) is 6.54 Å². The lowest BCUT2D eigenvalue weighted by Crippen LogP contribution is -2.37. The number of nitrogens with one attached hydrogen (secondary N) is 1. The van der Waals surface area contributed by atoms with Gasteiger partial charge in [0.2, 0.25) is 5.88 Å². The number of hydrogen-bond donors (Lipinski definition) is 3. The molecule has 17 heavy (non-hydrogen) atoms. The molecular formula is C12H20N2O3. The summed E-state index contributed by atoms with van der Waals surface area (Å²) >= 11 is 0. The number of pyridine rings is 1. The fraction of sp³-hybridized carbons (Fsp3) is 0.583. The Labute approximate surface area is 101 Å². The lowest BCUT2D eigenvalue weighted by atomic mass is 9.93. The van der Waals surface area contributed by atoms with E-state index in [1.807, 2.05) is 19.1 Å². The number of nitrogens with zero attached hydrogens (tertiary/aromatic N) is 1. The molecule has 1 aromatic heterocycles. The number of ether oxygens (including phenoxy) is 1. The summed E-state index contributed by atoms with van der Waals surface area (Å²) in [6.07, 6.45) is 1.67. The van der Waals surface area contributed by atoms with Crippen LogP contribution in [0.25, 0.3) is 0 Å². The lowest BCUT2D eigenvalue weighted by Gasteiger charge is -2.24. The summed E-state index contributed by atoms with van der Waals surface area (Å²) in [5.74, 6) is 0.592. The summed E-state index contributed by atoms with van der Waals surface area (Å²) < 4.78 is 5.13. The Hall–Kier alpha value is -1.17. The normalized spacial score (nSPS) is 11.5. The minimum absolute atomic E-state index is 0.0549. The van der Waals surface area contributed by atoms with Crippen LogP contribution in [0.5, 0.6) is 5.88 Å². The van der Waals surface area contributed by atoms with E-state index in [2.05, 4.69) is 10.3 Å². The van der Waals surface area contributed by atoms with Gasteiger partial charge in [-0.25, -0.2) is 4.98 Å². The van der Waals surface area contributed by atoms with Crippen molar-refractivity contribution in [3.63, 3.8) is 0 Å². The van der Waals surface area contributed by atoms with Gasteiger partial charge in [0, 0.05) is 30.3 Å². The molecule has 1 rings (SSSR count). The molecule has 0 atom stereocenters. The van der Waals surface area contributed by atoms with Crippen LogP contribution in [-0.4, -0.2) is 42.1 Å². The third-order valence-electron chi connectivity index (χ3n) is 2.67. The highest BCUT2D eigenvalue weighted by atomic mass is 16.5. The Kier molecular flexibility index (Phi) is 5.34. The fourth-order valence-corrected chi connectivity index (χ4v) is 1.40. The minimum Gasteiger partial charge on any atom is -0.481 e. The van der Waals surface area contributed by atoms with Gasteiger partial charge in [0.25, 0.3) is 0 Å². The van der Waals surface area contributed by atoms with Crippen molar-refractivity contribution in [3.8, 4) is 5.88 Å². The quantitative estimate of drug-likeness (QED) is 0.633. The number of methoxy groups -OCH3 is 1. The highest BCUT2D eigenvalue weighted by molar-refractivity contribution is 5.24. The average Bonchev–Trinajstić information content (AvgIpc) is 2.39. The number of aliphatic hydroxyl groups is 2. The first-order valence-electron chi connectivity index (χ1n) is 5.55. The molecule has 0 aromatic carbocycles. The molecule has 5 heteroatoms. The molecule has 0 aliphatic rings. The van der Waals surface area contributed by atoms with Gasteiger partial charge in [-0.2, -0.15) is 0 Å². The number of aliphatic hydroxyl groups excluding tert-OH is 2. The van der Waals surface area contributed by atoms with E-state index in [0.29, 0.717) is 19.0 Å². The van der Waals surface area contributed by atoms with Crippen LogP contribution in [0.1, 0.15) is 12.5 Å². The summed E-state index contributed by atoms with van der Waals surface area (Å²) in [5, 5.41) is 21.5. The van der Waals surface area contributed by atoms with E-state index in [9.17, 15) is 0 Å². The number of rotatable bonds is 7. The second kappa shape index (κ2) is 6.54. The standard InChI is InChI=1S/C12H20N2O3/c1-12(8-15,9-16)7-13-6-10-4-3-5-14-11(10)17-2/h3-5,13,15-16H,6-9H2,1-2H3. The maximum absolute atomic E-state index is 9.15. The molecule has 0 saturated carbocycles. The van der Waals surface area contributed by atoms with E-state index in [1.54, 1.807) is 13.3 Å². The van der Waals surface area contributed by atoms with Crippen LogP contribution >= 0.6 is 0 Å². The van der Waals surface area contributed by atoms with Gasteiger partial charge in [0.05, 0.1) is 20.3 Å². The fourth-order valence-electron chi connectivity index (χ4n) is 1.40. The summed E-state index contributed by atoms with van der Waals surface area (Å²) in [6.45, 7) is 2.83. The second-order valence-electron chi connectivity index (χ2n) is 4.40. The minimum atomic E-state index is -0.505. The van der Waals surface area contributed by atoms with Crippen molar-refractivity contribution in [2.75, 3.05) is 26.9 Å². The Morgan fingerprint density at radius 1 is 1.41 bits per heavy atom. The van der Waals surface area contributed by atoms with Crippen LogP contribution in [0.2, 0.25) is 0 Å². The summed E-state index contributed by atoms with van der Waals surface area (Å²) in [4.78, 5) is 4.09. The van der Waals surface area contributed by atoms with Gasteiger partial charge in [-0.05, 0) is 6.07 Å². The summed E-state index contributed by atoms with van der Waals surface area (Å²) in [5.41, 5.74) is 0.448. The van der Waals surface area contributed by atoms with Crippen molar-refractivity contribution in [1.29, 1.82) is 0 Å². The van der Waals surface area contributed by atoms with E-state index < -0.39 is 5.41 Å². The molecule has 1 heterocycles. The molecule has 0 fully saturated rings. The van der Waals surface area contributed by atoms with Crippen LogP contribution < -0.4 is 10.1 Å². The van der Waals surface area contributed by atoms with Gasteiger partial charge in [0.1, 0.15) is 0 Å². The largest absolute Gasteiger partial charge is 0.481 e. The lowest BCUT2D eigenvalue weighted by molar-refractivity contribution is 0.0695. The molecule has 0 amide bonds. The van der Waals surface area contributed by atoms with Crippen LogP contribution in [0.3, 0.4) is 0 Å². The Morgan fingerprint density at radius 2 is 2.12 bits per heavy atom. The number of hydrogen-bond acceptors (Lipinski definition) is 5. The van der Waals surface area contributed by atoms with Gasteiger partial charge in [-0.1, -0.05) is 13.0 Å². The maximum Gasteiger partial charge on any atom is 0.217 e. The van der Waals surface area contributed by atoms with Gasteiger partial charge in [-0.15, -0.1) is 0 Å². The SMILES string of the molecule is COc1ncccc1CNCC(C)(CO)CO. The van der Waals surface area contributed by atoms with Crippen molar-refractivity contribution in [2.24, 2.45) is 5.41 Å². The first-order valence-corrected chi connectivity index (χ1v) is 5.55. The second-order valence-corrected chi connectivity index (χ2v) is 4.40. The topological polar surface area (TPSA) is 74.6 Å². The van der Waals surface area contributed by atoms with Gasteiger partial charge < -0.3 is 20.3 Å². The third kappa shape index (κ3) is 3.96. The zero-order valence-electron chi connectivity index (χ0n) is 10.3. The number of aromatic nitrogens is 1. The van der Waals surface area contributed by atoms with E-state index >= 15 is 0 Å². The van der Waals surface area contributed by atoms with Crippen molar-refractivity contribution >= 4 is 0 Å². The van der Waals surface area contributed by atoms with Crippen molar-refractivity contribution in [1.82, 2.24) is 10.3 Å². The monoisotopic (exact) mass is 240 g/mol. The molecule has 1 aromatic rings. The van der Waals surface area contributed by atoms with Gasteiger partial charge in [0.15, 0.2) is 0 Å². The van der Waals surface area contributed by atoms with E-state index in [0.717, 1.165) is 5.56 Å². The van der Waals surface area contributed by atoms with Crippen LogP contribution in [0, 0.1) is 5.41 Å². The van der Waals surface area contributed by atoms with E-state index in [4.69, 9.17) is 14.9 Å². The molecule has 0 bridgehead atoms. The first kappa shape index (κ1) is 13.9. The average molecular weight is 240 g/mol. The molecule has 0 radical (unpaired) electrons. The van der Waals surface area contributed by atoms with Crippen LogP contribution in [0.15, 0.2) is 18.3 Å². The molecule has 0 spiro atoms. The van der Waals surface area contributed by atoms with Crippen molar-refractivity contribution < 1.29 is 14.9 Å². The molecule has 96 valence electrons. The highest BCUT2D eigenvalue weighted by Crippen LogP contribution is 2.15. The van der Waals surface area contributed by atoms with Gasteiger partial charge >= 0.3 is 0 Å². The Bertz CT molecular complexity index is 340. The first-order chi connectivity index (χ1) is 8.15.